The van der Waals surface area contributed by atoms with Crippen molar-refractivity contribution in [2.75, 3.05) is 16.8 Å². The quantitative estimate of drug-likeness (QED) is 0.855. The summed E-state index contributed by atoms with van der Waals surface area (Å²) >= 11 is 0. The predicted molar refractivity (Wildman–Crippen MR) is 110 cm³/mol. The normalized spacial score (nSPS) is 13.6. The molecule has 28 heavy (non-hydrogen) atoms. The van der Waals surface area contributed by atoms with Crippen molar-refractivity contribution in [3.05, 3.63) is 53.9 Å². The maximum Gasteiger partial charge on any atom is 0.414 e. The van der Waals surface area contributed by atoms with Crippen LogP contribution in [0.4, 0.5) is 16.2 Å². The molecule has 1 aromatic carbocycles. The lowest BCUT2D eigenvalue weighted by molar-refractivity contribution is -0.116. The number of nitrogens with zero attached hydrogens (tertiary/aromatic N) is 2. The van der Waals surface area contributed by atoms with Gasteiger partial charge in [0.25, 0.3) is 0 Å². The third kappa shape index (κ3) is 5.31. The second kappa shape index (κ2) is 8.42. The molecule has 148 valence electrons. The molecule has 0 bridgehead atoms. The summed E-state index contributed by atoms with van der Waals surface area (Å²) in [6.45, 7) is 6.22. The van der Waals surface area contributed by atoms with E-state index in [2.05, 4.69) is 10.3 Å². The maximum atomic E-state index is 12.5. The second-order valence-electron chi connectivity index (χ2n) is 7.99. The van der Waals surface area contributed by atoms with Crippen LogP contribution in [0.3, 0.4) is 0 Å². The summed E-state index contributed by atoms with van der Waals surface area (Å²) in [5, 5.41) is 2.95. The highest BCUT2D eigenvalue weighted by Gasteiger charge is 2.27. The lowest BCUT2D eigenvalue weighted by Crippen LogP contribution is -2.39. The number of hydrogen-bond acceptors (Lipinski definition) is 4. The standard InChI is InChI=1S/C22H27N3O3/c1-22(2,3)28-21(27)25-13-5-7-17-14-18(9-10-19(17)25)24-20(26)11-8-16-6-4-12-23-15-16/h4,6,9-10,12,14-15H,5,7-8,11,13H2,1-3H3,(H,24,26). The first-order valence-corrected chi connectivity index (χ1v) is 9.64. The van der Waals surface area contributed by atoms with Crippen LogP contribution in [-0.2, 0) is 22.4 Å². The maximum absolute atomic E-state index is 12.5. The van der Waals surface area contributed by atoms with Crippen molar-refractivity contribution >= 4 is 23.4 Å². The first kappa shape index (κ1) is 19.9. The molecule has 2 amide bonds. The summed E-state index contributed by atoms with van der Waals surface area (Å²) in [6, 6.07) is 9.50. The van der Waals surface area contributed by atoms with E-state index in [0.717, 1.165) is 35.3 Å². The zero-order chi connectivity index (χ0) is 20.1. The fourth-order valence-corrected chi connectivity index (χ4v) is 3.21. The van der Waals surface area contributed by atoms with Crippen molar-refractivity contribution < 1.29 is 14.3 Å². The Morgan fingerprint density at radius 3 is 2.79 bits per heavy atom. The number of anilines is 2. The van der Waals surface area contributed by atoms with Gasteiger partial charge in [-0.25, -0.2) is 4.79 Å². The van der Waals surface area contributed by atoms with Gasteiger partial charge in [0.15, 0.2) is 0 Å². The molecular weight excluding hydrogens is 354 g/mol. The van der Waals surface area contributed by atoms with Gasteiger partial charge in [0.2, 0.25) is 5.91 Å². The van der Waals surface area contributed by atoms with Gasteiger partial charge in [-0.05, 0) is 75.4 Å². The van der Waals surface area contributed by atoms with Crippen molar-refractivity contribution in [1.82, 2.24) is 4.98 Å². The highest BCUT2D eigenvalue weighted by molar-refractivity contribution is 5.93. The average molecular weight is 381 g/mol. The number of pyridine rings is 1. The van der Waals surface area contributed by atoms with Gasteiger partial charge < -0.3 is 10.1 Å². The molecule has 0 unspecified atom stereocenters. The molecular formula is C22H27N3O3. The Morgan fingerprint density at radius 2 is 2.07 bits per heavy atom. The van der Waals surface area contributed by atoms with Crippen LogP contribution in [0.5, 0.6) is 0 Å². The van der Waals surface area contributed by atoms with E-state index in [1.807, 2.05) is 51.1 Å². The van der Waals surface area contributed by atoms with E-state index in [1.165, 1.54) is 0 Å². The van der Waals surface area contributed by atoms with Crippen LogP contribution in [0.1, 0.15) is 44.7 Å². The summed E-state index contributed by atoms with van der Waals surface area (Å²) in [5.74, 6) is -0.0383. The van der Waals surface area contributed by atoms with E-state index >= 15 is 0 Å². The molecule has 0 saturated heterocycles. The smallest absolute Gasteiger partial charge is 0.414 e. The molecule has 1 aliphatic rings. The van der Waals surface area contributed by atoms with Crippen LogP contribution in [0.25, 0.3) is 0 Å². The first-order chi connectivity index (χ1) is 13.3. The second-order valence-corrected chi connectivity index (χ2v) is 7.99. The minimum atomic E-state index is -0.531. The van der Waals surface area contributed by atoms with E-state index < -0.39 is 5.60 Å². The molecule has 1 aliphatic heterocycles. The highest BCUT2D eigenvalue weighted by atomic mass is 16.6. The number of benzene rings is 1. The van der Waals surface area contributed by atoms with E-state index in [0.29, 0.717) is 19.4 Å². The Balaban J connectivity index is 1.64. The van der Waals surface area contributed by atoms with Gasteiger partial charge in [-0.2, -0.15) is 0 Å². The zero-order valence-electron chi connectivity index (χ0n) is 16.7. The lowest BCUT2D eigenvalue weighted by atomic mass is 10.0. The van der Waals surface area contributed by atoms with Crippen LogP contribution in [0.15, 0.2) is 42.7 Å². The van der Waals surface area contributed by atoms with Gasteiger partial charge >= 0.3 is 6.09 Å². The third-order valence-electron chi connectivity index (χ3n) is 4.46. The summed E-state index contributed by atoms with van der Waals surface area (Å²) in [4.78, 5) is 30.5. The van der Waals surface area contributed by atoms with E-state index in [4.69, 9.17) is 4.74 Å². The zero-order valence-corrected chi connectivity index (χ0v) is 16.7. The van der Waals surface area contributed by atoms with Gasteiger partial charge in [-0.1, -0.05) is 6.07 Å². The minimum absolute atomic E-state index is 0.0383. The number of aromatic nitrogens is 1. The van der Waals surface area contributed by atoms with Crippen molar-refractivity contribution in [3.8, 4) is 0 Å². The molecule has 3 rings (SSSR count). The van der Waals surface area contributed by atoms with Crippen molar-refractivity contribution in [3.63, 3.8) is 0 Å². The van der Waals surface area contributed by atoms with Gasteiger partial charge in [0.05, 0.1) is 5.69 Å². The lowest BCUT2D eigenvalue weighted by Gasteiger charge is -2.32. The predicted octanol–water partition coefficient (Wildman–Crippen LogP) is 4.34. The summed E-state index contributed by atoms with van der Waals surface area (Å²) in [7, 11) is 0. The summed E-state index contributed by atoms with van der Waals surface area (Å²) < 4.78 is 5.51. The van der Waals surface area contributed by atoms with E-state index in [9.17, 15) is 9.59 Å². The summed E-state index contributed by atoms with van der Waals surface area (Å²) in [6.07, 6.45) is 5.94. The number of carbonyl (C=O) groups is 2. The number of ether oxygens (including phenoxy) is 1. The van der Waals surface area contributed by atoms with Gasteiger partial charge in [-0.15, -0.1) is 0 Å². The number of fused-ring (bicyclic) bond motifs is 1. The minimum Gasteiger partial charge on any atom is -0.443 e. The molecule has 1 N–H and O–H groups in total. The number of carbonyl (C=O) groups excluding carboxylic acids is 2. The van der Waals surface area contributed by atoms with Crippen molar-refractivity contribution in [2.24, 2.45) is 0 Å². The SMILES string of the molecule is CC(C)(C)OC(=O)N1CCCc2cc(NC(=O)CCc3cccnc3)ccc21. The average Bonchev–Trinajstić information content (AvgIpc) is 2.65. The first-order valence-electron chi connectivity index (χ1n) is 9.64. The number of hydrogen-bond donors (Lipinski definition) is 1. The fraction of sp³-hybridized carbons (Fsp3) is 0.409. The molecule has 6 heteroatoms. The largest absolute Gasteiger partial charge is 0.443 e. The molecule has 0 fully saturated rings. The third-order valence-corrected chi connectivity index (χ3v) is 4.46. The Hall–Kier alpha value is -2.89. The summed E-state index contributed by atoms with van der Waals surface area (Å²) in [5.41, 5.74) is 3.16. The number of aryl methyl sites for hydroxylation is 2. The molecule has 0 aliphatic carbocycles. The molecule has 0 saturated carbocycles. The topological polar surface area (TPSA) is 71.5 Å². The molecule has 2 aromatic rings. The molecule has 0 radical (unpaired) electrons. The Kier molecular flexibility index (Phi) is 5.97. The van der Waals surface area contributed by atoms with E-state index in [1.54, 1.807) is 17.3 Å². The number of nitrogens with one attached hydrogen (secondary N) is 1. The van der Waals surface area contributed by atoms with Gasteiger partial charge in [0.1, 0.15) is 5.60 Å². The van der Waals surface area contributed by atoms with Crippen molar-refractivity contribution in [1.29, 1.82) is 0 Å². The number of rotatable bonds is 4. The van der Waals surface area contributed by atoms with Crippen molar-refractivity contribution in [2.45, 2.75) is 52.1 Å². The van der Waals surface area contributed by atoms with Gasteiger partial charge in [-0.3, -0.25) is 14.7 Å². The molecule has 0 spiro atoms. The van der Waals surface area contributed by atoms with Crippen LogP contribution in [0, 0.1) is 0 Å². The monoisotopic (exact) mass is 381 g/mol. The van der Waals surface area contributed by atoms with Crippen LogP contribution in [-0.4, -0.2) is 29.1 Å². The Labute approximate surface area is 165 Å². The van der Waals surface area contributed by atoms with Crippen LogP contribution >= 0.6 is 0 Å². The van der Waals surface area contributed by atoms with E-state index in [-0.39, 0.29) is 12.0 Å². The molecule has 6 nitrogen and oxygen atoms in total. The van der Waals surface area contributed by atoms with Crippen LogP contribution < -0.4 is 10.2 Å². The highest BCUT2D eigenvalue weighted by Crippen LogP contribution is 2.31. The van der Waals surface area contributed by atoms with Crippen LogP contribution in [0.2, 0.25) is 0 Å². The molecule has 2 heterocycles. The molecule has 1 aromatic heterocycles. The molecule has 0 atom stereocenters. The Morgan fingerprint density at radius 1 is 1.25 bits per heavy atom. The number of amides is 2. The van der Waals surface area contributed by atoms with Gasteiger partial charge in [0, 0.05) is 31.0 Å². The Bertz CT molecular complexity index is 844. The fourth-order valence-electron chi connectivity index (χ4n) is 3.21.